The zero-order valence-corrected chi connectivity index (χ0v) is 18.5. The van der Waals surface area contributed by atoms with Crippen molar-refractivity contribution in [1.29, 1.82) is 5.41 Å². The first-order valence-electron chi connectivity index (χ1n) is 10.9. The topological polar surface area (TPSA) is 101 Å². The Morgan fingerprint density at radius 1 is 1.23 bits per heavy atom. The van der Waals surface area contributed by atoms with E-state index in [-0.39, 0.29) is 22.5 Å². The van der Waals surface area contributed by atoms with Gasteiger partial charge in [0.2, 0.25) is 0 Å². The Balaban J connectivity index is 2.13. The number of aromatic nitrogens is 3. The van der Waals surface area contributed by atoms with Gasteiger partial charge in [-0.3, -0.25) is 19.4 Å². The minimum absolute atomic E-state index is 0.0802. The molecule has 0 saturated heterocycles. The van der Waals surface area contributed by atoms with E-state index in [1.54, 1.807) is 23.9 Å². The highest BCUT2D eigenvalue weighted by Crippen LogP contribution is 2.12. The van der Waals surface area contributed by atoms with E-state index in [1.807, 2.05) is 13.0 Å². The Morgan fingerprint density at radius 3 is 2.77 bits per heavy atom. The molecule has 3 rings (SSSR count). The van der Waals surface area contributed by atoms with Gasteiger partial charge in [-0.25, -0.2) is 4.98 Å². The number of carbonyl (C=O) groups is 1. The number of carbonyl (C=O) groups excluding carboxylic acids is 1. The number of ether oxygens (including phenoxy) is 1. The van der Waals surface area contributed by atoms with E-state index in [4.69, 9.17) is 10.1 Å². The van der Waals surface area contributed by atoms with Crippen molar-refractivity contribution in [2.45, 2.75) is 52.5 Å². The maximum Gasteiger partial charge on any atom is 0.267 e. The quantitative estimate of drug-likeness (QED) is 0.385. The summed E-state index contributed by atoms with van der Waals surface area (Å²) in [6, 6.07) is 5.22. The molecule has 0 saturated carbocycles. The molecule has 166 valence electrons. The normalized spacial score (nSPS) is 11.3. The maximum atomic E-state index is 13.3. The van der Waals surface area contributed by atoms with Gasteiger partial charge in [-0.2, -0.15) is 0 Å². The predicted molar refractivity (Wildman–Crippen MR) is 121 cm³/mol. The van der Waals surface area contributed by atoms with Crippen LogP contribution in [0.3, 0.4) is 0 Å². The Morgan fingerprint density at radius 2 is 2.03 bits per heavy atom. The van der Waals surface area contributed by atoms with E-state index < -0.39 is 0 Å². The molecule has 0 spiro atoms. The highest BCUT2D eigenvalue weighted by molar-refractivity contribution is 5.96. The molecule has 3 heterocycles. The summed E-state index contributed by atoms with van der Waals surface area (Å²) < 4.78 is 8.22. The van der Waals surface area contributed by atoms with Crippen LogP contribution in [0.25, 0.3) is 16.7 Å². The van der Waals surface area contributed by atoms with Crippen LogP contribution in [0.1, 0.15) is 54.9 Å². The van der Waals surface area contributed by atoms with Crippen LogP contribution in [0.5, 0.6) is 0 Å². The van der Waals surface area contributed by atoms with Crippen molar-refractivity contribution in [3.8, 4) is 0 Å². The van der Waals surface area contributed by atoms with Gasteiger partial charge in [0.1, 0.15) is 16.8 Å². The maximum absolute atomic E-state index is 13.3. The van der Waals surface area contributed by atoms with Gasteiger partial charge in [0.25, 0.3) is 11.5 Å². The zero-order chi connectivity index (χ0) is 22.4. The Hall–Kier alpha value is -3.00. The van der Waals surface area contributed by atoms with Gasteiger partial charge < -0.3 is 14.6 Å². The molecule has 0 atom stereocenters. The second kappa shape index (κ2) is 10.3. The lowest BCUT2D eigenvalue weighted by Crippen LogP contribution is -2.35. The second-order valence-electron chi connectivity index (χ2n) is 7.81. The predicted octanol–water partition coefficient (Wildman–Crippen LogP) is 2.78. The average molecular weight is 426 g/mol. The van der Waals surface area contributed by atoms with E-state index in [0.29, 0.717) is 42.8 Å². The van der Waals surface area contributed by atoms with Crippen molar-refractivity contribution >= 4 is 22.6 Å². The summed E-state index contributed by atoms with van der Waals surface area (Å²) in [6.07, 6.45) is 6.50. The van der Waals surface area contributed by atoms with Gasteiger partial charge in [-0.15, -0.1) is 0 Å². The number of amides is 1. The number of fused-ring (bicyclic) bond motifs is 2. The van der Waals surface area contributed by atoms with Crippen molar-refractivity contribution in [3.05, 3.63) is 51.4 Å². The Kier molecular flexibility index (Phi) is 7.57. The Bertz CT molecular complexity index is 1200. The molecule has 0 aromatic carbocycles. The third-order valence-electron chi connectivity index (χ3n) is 5.35. The molecule has 31 heavy (non-hydrogen) atoms. The molecular weight excluding hydrogens is 394 g/mol. The number of unbranched alkanes of at least 4 members (excludes halogenated alkanes) is 3. The fourth-order valence-corrected chi connectivity index (χ4v) is 3.64. The molecular formula is C23H31N5O3. The van der Waals surface area contributed by atoms with Gasteiger partial charge in [0.05, 0.1) is 10.9 Å². The van der Waals surface area contributed by atoms with Crippen LogP contribution in [-0.4, -0.2) is 40.1 Å². The van der Waals surface area contributed by atoms with E-state index in [9.17, 15) is 9.59 Å². The van der Waals surface area contributed by atoms with E-state index in [0.717, 1.165) is 31.2 Å². The van der Waals surface area contributed by atoms with Crippen LogP contribution in [0.15, 0.2) is 29.2 Å². The molecule has 0 aliphatic rings. The first kappa shape index (κ1) is 22.7. The van der Waals surface area contributed by atoms with Gasteiger partial charge in [0, 0.05) is 33.0 Å². The standard InChI is InChI=1S/C23H31N5O3/c1-4-5-6-7-12-27-20(24)17(22(29)25-11-8-13-31-3)14-18-21(27)26-19-10-9-16(2)15-28(19)23(18)30/h9-10,14-15,24H,4-8,11-13H2,1-3H3,(H,25,29). The molecule has 8 heteroatoms. The number of aryl methyl sites for hydroxylation is 2. The number of pyridine rings is 2. The van der Waals surface area contributed by atoms with Crippen molar-refractivity contribution in [2.24, 2.45) is 0 Å². The van der Waals surface area contributed by atoms with Gasteiger partial charge >= 0.3 is 0 Å². The fraction of sp³-hybridized carbons (Fsp3) is 0.478. The van der Waals surface area contributed by atoms with Crippen LogP contribution >= 0.6 is 0 Å². The number of hydrogen-bond acceptors (Lipinski definition) is 5. The number of methoxy groups -OCH3 is 1. The third kappa shape index (κ3) is 5.02. The lowest BCUT2D eigenvalue weighted by Gasteiger charge is -2.15. The number of rotatable bonds is 10. The molecule has 0 aliphatic carbocycles. The SMILES string of the molecule is CCCCCCn1c(=N)c(C(=O)NCCCOC)cc2c(=O)n3cc(C)ccc3nc21. The van der Waals surface area contributed by atoms with Crippen molar-refractivity contribution < 1.29 is 9.53 Å². The summed E-state index contributed by atoms with van der Waals surface area (Å²) in [7, 11) is 1.61. The van der Waals surface area contributed by atoms with Crippen LogP contribution in [0.4, 0.5) is 0 Å². The molecule has 0 bridgehead atoms. The minimum Gasteiger partial charge on any atom is -0.385 e. The van der Waals surface area contributed by atoms with Crippen molar-refractivity contribution in [3.63, 3.8) is 0 Å². The summed E-state index contributed by atoms with van der Waals surface area (Å²) in [5, 5.41) is 11.9. The van der Waals surface area contributed by atoms with Crippen LogP contribution in [-0.2, 0) is 11.3 Å². The highest BCUT2D eigenvalue weighted by atomic mass is 16.5. The molecule has 3 aromatic rings. The summed E-state index contributed by atoms with van der Waals surface area (Å²) in [5.74, 6) is -0.362. The highest BCUT2D eigenvalue weighted by Gasteiger charge is 2.17. The van der Waals surface area contributed by atoms with Crippen molar-refractivity contribution in [2.75, 3.05) is 20.3 Å². The van der Waals surface area contributed by atoms with E-state index in [1.165, 1.54) is 10.5 Å². The summed E-state index contributed by atoms with van der Waals surface area (Å²) >= 11 is 0. The van der Waals surface area contributed by atoms with Gasteiger partial charge in [0.15, 0.2) is 0 Å². The smallest absolute Gasteiger partial charge is 0.267 e. The molecule has 0 fully saturated rings. The van der Waals surface area contributed by atoms with Crippen LogP contribution in [0.2, 0.25) is 0 Å². The largest absolute Gasteiger partial charge is 0.385 e. The van der Waals surface area contributed by atoms with Gasteiger partial charge in [-0.05, 0) is 37.5 Å². The molecule has 8 nitrogen and oxygen atoms in total. The van der Waals surface area contributed by atoms with E-state index >= 15 is 0 Å². The second-order valence-corrected chi connectivity index (χ2v) is 7.81. The molecule has 0 aliphatic heterocycles. The fourth-order valence-electron chi connectivity index (χ4n) is 3.64. The third-order valence-corrected chi connectivity index (χ3v) is 5.35. The lowest BCUT2D eigenvalue weighted by molar-refractivity contribution is 0.0946. The zero-order valence-electron chi connectivity index (χ0n) is 18.5. The molecule has 3 aromatic heterocycles. The number of nitrogens with zero attached hydrogens (tertiary/aromatic N) is 3. The number of hydrogen-bond donors (Lipinski definition) is 2. The number of nitrogens with one attached hydrogen (secondary N) is 2. The van der Waals surface area contributed by atoms with Crippen LogP contribution in [0, 0.1) is 12.3 Å². The Labute approximate surface area is 181 Å². The first-order valence-corrected chi connectivity index (χ1v) is 10.9. The summed E-state index contributed by atoms with van der Waals surface area (Å²) in [4.78, 5) is 30.8. The minimum atomic E-state index is -0.362. The van der Waals surface area contributed by atoms with Crippen LogP contribution < -0.4 is 16.4 Å². The molecule has 0 radical (unpaired) electrons. The average Bonchev–Trinajstić information content (AvgIpc) is 2.76. The lowest BCUT2D eigenvalue weighted by atomic mass is 10.1. The molecule has 2 N–H and O–H groups in total. The molecule has 1 amide bonds. The summed E-state index contributed by atoms with van der Waals surface area (Å²) in [5.41, 5.74) is 1.95. The summed E-state index contributed by atoms with van der Waals surface area (Å²) in [6.45, 7) is 5.57. The molecule has 0 unspecified atom stereocenters. The van der Waals surface area contributed by atoms with Gasteiger partial charge in [-0.1, -0.05) is 32.3 Å². The van der Waals surface area contributed by atoms with E-state index in [2.05, 4.69) is 17.2 Å². The monoisotopic (exact) mass is 425 g/mol. The first-order chi connectivity index (χ1) is 15.0. The van der Waals surface area contributed by atoms with Crippen molar-refractivity contribution in [1.82, 2.24) is 19.3 Å².